The van der Waals surface area contributed by atoms with E-state index >= 15 is 0 Å². The van der Waals surface area contributed by atoms with Crippen molar-refractivity contribution in [2.75, 3.05) is 5.32 Å². The molecule has 0 radical (unpaired) electrons. The number of benzene rings is 1. The first-order chi connectivity index (χ1) is 6.43. The van der Waals surface area contributed by atoms with Gasteiger partial charge in [-0.25, -0.2) is 4.39 Å². The SMILES string of the molecule is CC(=O)Nc1cc(F)c(C)c(C)c1Br. The Morgan fingerprint density at radius 1 is 1.43 bits per heavy atom. The minimum Gasteiger partial charge on any atom is -0.325 e. The van der Waals surface area contributed by atoms with Crippen molar-refractivity contribution in [2.24, 2.45) is 0 Å². The van der Waals surface area contributed by atoms with E-state index in [1.165, 1.54) is 13.0 Å². The molecule has 1 N–H and O–H groups in total. The molecule has 0 fully saturated rings. The summed E-state index contributed by atoms with van der Waals surface area (Å²) in [6.45, 7) is 4.89. The molecular weight excluding hydrogens is 249 g/mol. The van der Waals surface area contributed by atoms with Crippen LogP contribution in [0.15, 0.2) is 10.5 Å². The summed E-state index contributed by atoms with van der Waals surface area (Å²) in [4.78, 5) is 10.8. The second kappa shape index (κ2) is 4.09. The highest BCUT2D eigenvalue weighted by Gasteiger charge is 2.10. The van der Waals surface area contributed by atoms with Crippen molar-refractivity contribution in [3.63, 3.8) is 0 Å². The third-order valence-electron chi connectivity index (χ3n) is 2.07. The first-order valence-electron chi connectivity index (χ1n) is 4.16. The van der Waals surface area contributed by atoms with Crippen LogP contribution < -0.4 is 5.32 Å². The van der Waals surface area contributed by atoms with E-state index in [1.807, 2.05) is 0 Å². The Kier molecular flexibility index (Phi) is 3.26. The van der Waals surface area contributed by atoms with E-state index in [1.54, 1.807) is 13.8 Å². The molecule has 1 aromatic carbocycles. The van der Waals surface area contributed by atoms with E-state index in [0.29, 0.717) is 11.3 Å². The first-order valence-corrected chi connectivity index (χ1v) is 4.95. The Morgan fingerprint density at radius 3 is 2.50 bits per heavy atom. The van der Waals surface area contributed by atoms with Crippen LogP contribution >= 0.6 is 15.9 Å². The second-order valence-corrected chi connectivity index (χ2v) is 3.94. The van der Waals surface area contributed by atoms with Crippen molar-refractivity contribution in [3.05, 3.63) is 27.5 Å². The average Bonchev–Trinajstić information content (AvgIpc) is 2.10. The fourth-order valence-electron chi connectivity index (χ4n) is 1.12. The van der Waals surface area contributed by atoms with Crippen LogP contribution in [-0.4, -0.2) is 5.91 Å². The standard InChI is InChI=1S/C10H11BrFNO/c1-5-6(2)10(11)9(4-8(5)12)13-7(3)14/h4H,1-3H3,(H,13,14). The van der Waals surface area contributed by atoms with Crippen molar-refractivity contribution < 1.29 is 9.18 Å². The normalized spacial score (nSPS) is 10.1. The van der Waals surface area contributed by atoms with Gasteiger partial charge >= 0.3 is 0 Å². The first kappa shape index (κ1) is 11.2. The number of carbonyl (C=O) groups is 1. The molecule has 14 heavy (non-hydrogen) atoms. The summed E-state index contributed by atoms with van der Waals surface area (Å²) in [6, 6.07) is 1.31. The number of carbonyl (C=O) groups excluding carboxylic acids is 1. The monoisotopic (exact) mass is 259 g/mol. The van der Waals surface area contributed by atoms with Crippen LogP contribution in [0.25, 0.3) is 0 Å². The molecule has 1 rings (SSSR count). The lowest BCUT2D eigenvalue weighted by molar-refractivity contribution is -0.114. The topological polar surface area (TPSA) is 29.1 Å². The Labute approximate surface area is 90.6 Å². The van der Waals surface area contributed by atoms with Crippen molar-refractivity contribution in [1.29, 1.82) is 0 Å². The van der Waals surface area contributed by atoms with E-state index in [9.17, 15) is 9.18 Å². The van der Waals surface area contributed by atoms with Gasteiger partial charge in [0.05, 0.1) is 5.69 Å². The van der Waals surface area contributed by atoms with Gasteiger partial charge in [-0.1, -0.05) is 0 Å². The van der Waals surface area contributed by atoms with Crippen LogP contribution in [0, 0.1) is 19.7 Å². The molecule has 0 bridgehead atoms. The summed E-state index contributed by atoms with van der Waals surface area (Å²) in [5, 5.41) is 2.56. The molecule has 0 saturated carbocycles. The average molecular weight is 260 g/mol. The highest BCUT2D eigenvalue weighted by molar-refractivity contribution is 9.10. The maximum Gasteiger partial charge on any atom is 0.221 e. The van der Waals surface area contributed by atoms with Crippen LogP contribution in [0.3, 0.4) is 0 Å². The van der Waals surface area contributed by atoms with Crippen LogP contribution in [0.5, 0.6) is 0 Å². The van der Waals surface area contributed by atoms with Gasteiger partial charge in [-0.3, -0.25) is 4.79 Å². The predicted molar refractivity (Wildman–Crippen MR) is 57.9 cm³/mol. The summed E-state index contributed by atoms with van der Waals surface area (Å²) in [5.41, 5.74) is 1.86. The minimum absolute atomic E-state index is 0.214. The van der Waals surface area contributed by atoms with Gasteiger partial charge in [-0.05, 0) is 47.0 Å². The summed E-state index contributed by atoms with van der Waals surface area (Å²) in [7, 11) is 0. The molecule has 0 atom stereocenters. The molecule has 2 nitrogen and oxygen atoms in total. The quantitative estimate of drug-likeness (QED) is 0.825. The Hall–Kier alpha value is -0.900. The fourth-order valence-corrected chi connectivity index (χ4v) is 1.64. The van der Waals surface area contributed by atoms with Gasteiger partial charge in [0.2, 0.25) is 5.91 Å². The van der Waals surface area contributed by atoms with Crippen molar-refractivity contribution in [1.82, 2.24) is 0 Å². The molecule has 0 aliphatic heterocycles. The van der Waals surface area contributed by atoms with Crippen LogP contribution in [0.2, 0.25) is 0 Å². The van der Waals surface area contributed by atoms with Gasteiger partial charge < -0.3 is 5.32 Å². The lowest BCUT2D eigenvalue weighted by atomic mass is 10.1. The Bertz CT molecular complexity index is 390. The summed E-state index contributed by atoms with van der Waals surface area (Å²) >= 11 is 3.31. The number of halogens is 2. The largest absolute Gasteiger partial charge is 0.325 e. The molecule has 1 amide bonds. The van der Waals surface area contributed by atoms with Gasteiger partial charge in [0, 0.05) is 11.4 Å². The fraction of sp³-hybridized carbons (Fsp3) is 0.300. The number of nitrogens with one attached hydrogen (secondary N) is 1. The third-order valence-corrected chi connectivity index (χ3v) is 3.09. The molecule has 1 aromatic rings. The van der Waals surface area contributed by atoms with Crippen LogP contribution in [0.1, 0.15) is 18.1 Å². The predicted octanol–water partition coefficient (Wildman–Crippen LogP) is 3.16. The maximum atomic E-state index is 13.3. The number of hydrogen-bond donors (Lipinski definition) is 1. The molecule has 0 aliphatic rings. The summed E-state index contributed by atoms with van der Waals surface area (Å²) in [5.74, 6) is -0.525. The maximum absolute atomic E-state index is 13.3. The summed E-state index contributed by atoms with van der Waals surface area (Å²) in [6.07, 6.45) is 0. The molecule has 0 heterocycles. The number of rotatable bonds is 1. The van der Waals surface area contributed by atoms with E-state index < -0.39 is 0 Å². The zero-order valence-electron chi connectivity index (χ0n) is 8.24. The van der Waals surface area contributed by atoms with Gasteiger partial charge in [0.1, 0.15) is 5.82 Å². The highest BCUT2D eigenvalue weighted by Crippen LogP contribution is 2.30. The Balaban J connectivity index is 3.25. The molecular formula is C10H11BrFNO. The van der Waals surface area contributed by atoms with Crippen molar-refractivity contribution in [2.45, 2.75) is 20.8 Å². The number of amides is 1. The second-order valence-electron chi connectivity index (χ2n) is 3.15. The smallest absolute Gasteiger partial charge is 0.221 e. The van der Waals surface area contributed by atoms with Crippen molar-refractivity contribution >= 4 is 27.5 Å². The molecule has 0 aromatic heterocycles. The van der Waals surface area contributed by atoms with E-state index in [4.69, 9.17) is 0 Å². The Morgan fingerprint density at radius 2 is 2.00 bits per heavy atom. The lowest BCUT2D eigenvalue weighted by Gasteiger charge is -2.10. The minimum atomic E-state index is -0.311. The van der Waals surface area contributed by atoms with Gasteiger partial charge in [0.15, 0.2) is 0 Å². The van der Waals surface area contributed by atoms with Gasteiger partial charge in [-0.15, -0.1) is 0 Å². The zero-order valence-corrected chi connectivity index (χ0v) is 9.83. The number of hydrogen-bond acceptors (Lipinski definition) is 1. The number of anilines is 1. The third kappa shape index (κ3) is 2.12. The summed E-state index contributed by atoms with van der Waals surface area (Å²) < 4.78 is 14.0. The highest BCUT2D eigenvalue weighted by atomic mass is 79.9. The molecule has 76 valence electrons. The molecule has 0 spiro atoms. The molecule has 0 aliphatic carbocycles. The molecule has 0 unspecified atom stereocenters. The zero-order chi connectivity index (χ0) is 10.9. The van der Waals surface area contributed by atoms with Gasteiger partial charge in [0.25, 0.3) is 0 Å². The van der Waals surface area contributed by atoms with Crippen molar-refractivity contribution in [3.8, 4) is 0 Å². The van der Waals surface area contributed by atoms with Gasteiger partial charge in [-0.2, -0.15) is 0 Å². The van der Waals surface area contributed by atoms with Crippen LogP contribution in [0.4, 0.5) is 10.1 Å². The molecule has 0 saturated heterocycles. The van der Waals surface area contributed by atoms with Crippen LogP contribution in [-0.2, 0) is 4.79 Å². The lowest BCUT2D eigenvalue weighted by Crippen LogP contribution is -2.08. The van der Waals surface area contributed by atoms with E-state index in [-0.39, 0.29) is 11.7 Å². The molecule has 4 heteroatoms. The van der Waals surface area contributed by atoms with E-state index in [2.05, 4.69) is 21.2 Å². The van der Waals surface area contributed by atoms with E-state index in [0.717, 1.165) is 10.0 Å².